The fourth-order valence-corrected chi connectivity index (χ4v) is 4.69. The molecular formula is C30H42N2O6. The number of carbonyl (C=O) groups is 1. The first-order valence-corrected chi connectivity index (χ1v) is 13.6. The number of benzene rings is 2. The summed E-state index contributed by atoms with van der Waals surface area (Å²) in [6.45, 7) is 3.68. The van der Waals surface area contributed by atoms with Gasteiger partial charge in [-0.2, -0.15) is 0 Å². The maximum absolute atomic E-state index is 12.4. The van der Waals surface area contributed by atoms with E-state index in [0.29, 0.717) is 36.0 Å². The highest BCUT2D eigenvalue weighted by Crippen LogP contribution is 2.28. The molecule has 0 aromatic heterocycles. The van der Waals surface area contributed by atoms with Crippen LogP contribution in [0.25, 0.3) is 0 Å². The Morgan fingerprint density at radius 1 is 1.05 bits per heavy atom. The van der Waals surface area contributed by atoms with E-state index in [4.69, 9.17) is 19.0 Å². The summed E-state index contributed by atoms with van der Waals surface area (Å²) in [6.07, 6.45) is 8.36. The molecule has 2 aromatic carbocycles. The molecule has 0 saturated carbocycles. The maximum atomic E-state index is 12.4. The van der Waals surface area contributed by atoms with Crippen LogP contribution in [0.1, 0.15) is 60.9 Å². The number of likely N-dealkylation sites (tertiary alicyclic amines) is 1. The Labute approximate surface area is 226 Å². The van der Waals surface area contributed by atoms with Crippen molar-refractivity contribution in [2.24, 2.45) is 11.1 Å². The van der Waals surface area contributed by atoms with Crippen LogP contribution in [-0.4, -0.2) is 75.4 Å². The van der Waals surface area contributed by atoms with Crippen molar-refractivity contribution in [3.8, 4) is 11.5 Å². The molecule has 0 bridgehead atoms. The number of hydrogen-bond acceptors (Lipinski definition) is 8. The molecule has 3 rings (SSSR count). The first kappa shape index (κ1) is 29.5. The maximum Gasteiger partial charge on any atom is 0.338 e. The molecule has 0 radical (unpaired) electrons. The van der Waals surface area contributed by atoms with E-state index in [2.05, 4.69) is 10.1 Å². The van der Waals surface area contributed by atoms with E-state index in [9.17, 15) is 9.90 Å². The Bertz CT molecular complexity index is 976. The van der Waals surface area contributed by atoms with Crippen molar-refractivity contribution in [3.63, 3.8) is 0 Å². The predicted molar refractivity (Wildman–Crippen MR) is 148 cm³/mol. The number of nitrogens with zero attached hydrogens (tertiary/aromatic N) is 2. The number of methoxy groups -OCH3 is 2. The molecule has 38 heavy (non-hydrogen) atoms. The van der Waals surface area contributed by atoms with Crippen molar-refractivity contribution < 1.29 is 28.9 Å². The molecule has 2 aromatic rings. The molecular weight excluding hydrogens is 484 g/mol. The van der Waals surface area contributed by atoms with Crippen LogP contribution in [-0.2, 0) is 9.57 Å². The van der Waals surface area contributed by atoms with E-state index in [0.717, 1.165) is 63.7 Å². The van der Waals surface area contributed by atoms with Gasteiger partial charge in [-0.15, -0.1) is 0 Å². The predicted octanol–water partition coefficient (Wildman–Crippen LogP) is 4.93. The Morgan fingerprint density at radius 3 is 2.53 bits per heavy atom. The molecule has 0 amide bonds. The molecule has 1 atom stereocenters. The number of oxime groups is 1. The van der Waals surface area contributed by atoms with Crippen molar-refractivity contribution in [3.05, 3.63) is 59.7 Å². The summed E-state index contributed by atoms with van der Waals surface area (Å²) in [5.41, 5.74) is 1.47. The lowest BCUT2D eigenvalue weighted by atomic mass is 9.92. The van der Waals surface area contributed by atoms with Crippen LogP contribution in [0.5, 0.6) is 11.5 Å². The zero-order valence-electron chi connectivity index (χ0n) is 22.7. The van der Waals surface area contributed by atoms with E-state index >= 15 is 0 Å². The number of hydrogen-bond donors (Lipinski definition) is 1. The van der Waals surface area contributed by atoms with Gasteiger partial charge in [-0.25, -0.2) is 4.79 Å². The summed E-state index contributed by atoms with van der Waals surface area (Å²) in [5, 5.41) is 13.4. The van der Waals surface area contributed by atoms with Crippen LogP contribution in [0.15, 0.2) is 53.7 Å². The highest BCUT2D eigenvalue weighted by Gasteiger charge is 2.21. The van der Waals surface area contributed by atoms with Gasteiger partial charge in [0.15, 0.2) is 11.5 Å². The average Bonchev–Trinajstić information content (AvgIpc) is 2.97. The molecule has 8 heteroatoms. The van der Waals surface area contributed by atoms with Crippen molar-refractivity contribution in [1.29, 1.82) is 0 Å². The number of piperidine rings is 1. The highest BCUT2D eigenvalue weighted by atomic mass is 16.6. The molecule has 1 unspecified atom stereocenters. The van der Waals surface area contributed by atoms with Gasteiger partial charge in [-0.05, 0) is 87.7 Å². The summed E-state index contributed by atoms with van der Waals surface area (Å²) in [4.78, 5) is 20.6. The molecule has 1 fully saturated rings. The van der Waals surface area contributed by atoms with Gasteiger partial charge in [0.25, 0.3) is 0 Å². The number of esters is 1. The molecule has 0 spiro atoms. The van der Waals surface area contributed by atoms with Crippen LogP contribution in [0, 0.1) is 5.92 Å². The smallest absolute Gasteiger partial charge is 0.338 e. The van der Waals surface area contributed by atoms with E-state index in [1.165, 1.54) is 0 Å². The second kappa shape index (κ2) is 16.7. The third-order valence-corrected chi connectivity index (χ3v) is 6.98. The standard InChI is InChI=1S/C30H42N2O6/c1-35-28-13-12-26(22-29(28)36-2)30(34)37-21-7-10-24-14-17-32(18-15-24)19-16-27(11-6-20-33)38-31-23-25-8-4-3-5-9-25/h3-5,8-9,12-13,22-24,27,33H,6-7,10-11,14-21H2,1-2H3/b31-23+. The minimum Gasteiger partial charge on any atom is -0.493 e. The first-order chi connectivity index (χ1) is 18.6. The molecule has 208 valence electrons. The Morgan fingerprint density at radius 2 is 1.82 bits per heavy atom. The zero-order chi connectivity index (χ0) is 27.0. The van der Waals surface area contributed by atoms with E-state index in [-0.39, 0.29) is 18.7 Å². The molecule has 1 N–H and O–H groups in total. The van der Waals surface area contributed by atoms with Gasteiger partial charge in [-0.3, -0.25) is 0 Å². The van der Waals surface area contributed by atoms with Crippen LogP contribution < -0.4 is 9.47 Å². The molecule has 1 saturated heterocycles. The van der Waals surface area contributed by atoms with Gasteiger partial charge in [0.2, 0.25) is 0 Å². The quantitative estimate of drug-likeness (QED) is 0.143. The van der Waals surface area contributed by atoms with Gasteiger partial charge in [-0.1, -0.05) is 35.5 Å². The normalized spacial score (nSPS) is 15.3. The minimum absolute atomic E-state index is 0.000177. The lowest BCUT2D eigenvalue weighted by Gasteiger charge is -2.32. The minimum atomic E-state index is -0.341. The molecule has 0 aliphatic carbocycles. The third-order valence-electron chi connectivity index (χ3n) is 6.98. The fourth-order valence-electron chi connectivity index (χ4n) is 4.69. The van der Waals surface area contributed by atoms with Crippen molar-refractivity contribution >= 4 is 12.2 Å². The van der Waals surface area contributed by atoms with Gasteiger partial charge in [0.1, 0.15) is 6.10 Å². The second-order valence-electron chi connectivity index (χ2n) is 9.66. The van der Waals surface area contributed by atoms with Crippen LogP contribution in [0.2, 0.25) is 0 Å². The largest absolute Gasteiger partial charge is 0.493 e. The number of carbonyl (C=O) groups excluding carboxylic acids is 1. The lowest BCUT2D eigenvalue weighted by Crippen LogP contribution is -2.36. The summed E-state index contributed by atoms with van der Waals surface area (Å²) >= 11 is 0. The van der Waals surface area contributed by atoms with Crippen LogP contribution >= 0.6 is 0 Å². The van der Waals surface area contributed by atoms with Crippen molar-refractivity contribution in [2.75, 3.05) is 47.1 Å². The van der Waals surface area contributed by atoms with Gasteiger partial charge in [0, 0.05) is 13.2 Å². The monoisotopic (exact) mass is 526 g/mol. The molecule has 1 heterocycles. The molecule has 8 nitrogen and oxygen atoms in total. The van der Waals surface area contributed by atoms with Crippen molar-refractivity contribution in [2.45, 2.75) is 51.0 Å². The van der Waals surface area contributed by atoms with Gasteiger partial charge >= 0.3 is 5.97 Å². The Balaban J connectivity index is 1.31. The summed E-state index contributed by atoms with van der Waals surface area (Å²) in [6, 6.07) is 14.9. The first-order valence-electron chi connectivity index (χ1n) is 13.6. The van der Waals surface area contributed by atoms with E-state index < -0.39 is 0 Å². The number of rotatable bonds is 16. The van der Waals surface area contributed by atoms with Crippen LogP contribution in [0.3, 0.4) is 0 Å². The lowest BCUT2D eigenvalue weighted by molar-refractivity contribution is 0.0319. The zero-order valence-corrected chi connectivity index (χ0v) is 22.7. The molecule has 1 aliphatic heterocycles. The van der Waals surface area contributed by atoms with Gasteiger partial charge in [0.05, 0.1) is 32.6 Å². The number of aliphatic hydroxyl groups excluding tert-OH is 1. The number of ether oxygens (including phenoxy) is 3. The summed E-state index contributed by atoms with van der Waals surface area (Å²) < 4.78 is 16.0. The summed E-state index contributed by atoms with van der Waals surface area (Å²) in [7, 11) is 3.11. The Kier molecular flexibility index (Phi) is 12.9. The van der Waals surface area contributed by atoms with E-state index in [1.54, 1.807) is 38.6 Å². The van der Waals surface area contributed by atoms with Crippen LogP contribution in [0.4, 0.5) is 0 Å². The topological polar surface area (TPSA) is 89.8 Å². The third kappa shape index (κ3) is 9.99. The SMILES string of the molecule is COc1ccc(C(=O)OCCCC2CCN(CCC(CCCO)O/N=C/c3ccccc3)CC2)cc1OC. The number of aliphatic hydroxyl groups is 1. The highest BCUT2D eigenvalue weighted by molar-refractivity contribution is 5.90. The van der Waals surface area contributed by atoms with Gasteiger partial charge < -0.3 is 29.1 Å². The molecule has 1 aliphatic rings. The second-order valence-corrected chi connectivity index (χ2v) is 9.66. The van der Waals surface area contributed by atoms with Crippen molar-refractivity contribution in [1.82, 2.24) is 4.90 Å². The summed E-state index contributed by atoms with van der Waals surface area (Å²) in [5.74, 6) is 1.41. The van der Waals surface area contributed by atoms with E-state index in [1.807, 2.05) is 30.3 Å². The Hall–Kier alpha value is -3.10. The fraction of sp³-hybridized carbons (Fsp3) is 0.533. The average molecular weight is 527 g/mol.